The van der Waals surface area contributed by atoms with Gasteiger partial charge in [0.15, 0.2) is 11.2 Å². The van der Waals surface area contributed by atoms with E-state index in [9.17, 15) is 4.79 Å². The zero-order valence-electron chi connectivity index (χ0n) is 12.3. The lowest BCUT2D eigenvalue weighted by Crippen LogP contribution is -2.08. The van der Waals surface area contributed by atoms with Crippen molar-refractivity contribution in [3.63, 3.8) is 0 Å². The standard InChI is InChI=1S/C19H14O3/c1-3-12-21-15-10-7-11-16-17(15)18(20)13(2)19(22-16)14-8-5-4-6-9-14/h4-11H,1-2H3. The summed E-state index contributed by atoms with van der Waals surface area (Å²) in [5.41, 5.74) is 1.82. The van der Waals surface area contributed by atoms with Crippen molar-refractivity contribution in [2.75, 3.05) is 0 Å². The number of ether oxygens (including phenoxy) is 1. The number of hydrogen-bond acceptors (Lipinski definition) is 3. The van der Waals surface area contributed by atoms with Crippen LogP contribution in [0.15, 0.2) is 57.7 Å². The van der Waals surface area contributed by atoms with Crippen molar-refractivity contribution in [3.8, 4) is 29.1 Å². The van der Waals surface area contributed by atoms with Gasteiger partial charge in [-0.3, -0.25) is 4.79 Å². The molecule has 0 saturated carbocycles. The van der Waals surface area contributed by atoms with Gasteiger partial charge in [0, 0.05) is 18.1 Å². The molecule has 0 spiro atoms. The lowest BCUT2D eigenvalue weighted by molar-refractivity contribution is 0.522. The van der Waals surface area contributed by atoms with Crippen LogP contribution in [0.4, 0.5) is 0 Å². The maximum Gasteiger partial charge on any atom is 0.200 e. The number of fused-ring (bicyclic) bond motifs is 1. The van der Waals surface area contributed by atoms with Gasteiger partial charge >= 0.3 is 0 Å². The Morgan fingerprint density at radius 2 is 1.82 bits per heavy atom. The van der Waals surface area contributed by atoms with E-state index < -0.39 is 0 Å². The number of rotatable bonds is 2. The Morgan fingerprint density at radius 3 is 2.55 bits per heavy atom. The molecule has 108 valence electrons. The normalized spacial score (nSPS) is 10.1. The zero-order valence-corrected chi connectivity index (χ0v) is 12.3. The lowest BCUT2D eigenvalue weighted by atomic mass is 10.1. The third kappa shape index (κ3) is 2.36. The zero-order chi connectivity index (χ0) is 15.5. The molecule has 0 amide bonds. The highest BCUT2D eigenvalue weighted by Gasteiger charge is 2.15. The van der Waals surface area contributed by atoms with Crippen molar-refractivity contribution in [2.45, 2.75) is 13.8 Å². The molecule has 0 atom stereocenters. The molecule has 0 aliphatic carbocycles. The summed E-state index contributed by atoms with van der Waals surface area (Å²) < 4.78 is 11.3. The third-order valence-electron chi connectivity index (χ3n) is 3.41. The van der Waals surface area contributed by atoms with Gasteiger partial charge in [0.25, 0.3) is 0 Å². The van der Waals surface area contributed by atoms with Gasteiger partial charge < -0.3 is 9.15 Å². The monoisotopic (exact) mass is 290 g/mol. The first-order chi connectivity index (χ1) is 10.7. The molecule has 1 aromatic heterocycles. The fraction of sp³-hybridized carbons (Fsp3) is 0.105. The van der Waals surface area contributed by atoms with E-state index in [2.05, 4.69) is 12.0 Å². The summed E-state index contributed by atoms with van der Waals surface area (Å²) in [5.74, 6) is 3.65. The van der Waals surface area contributed by atoms with E-state index in [1.165, 1.54) is 0 Å². The average molecular weight is 290 g/mol. The van der Waals surface area contributed by atoms with Gasteiger partial charge in [0.2, 0.25) is 0 Å². The first-order valence-electron chi connectivity index (χ1n) is 6.93. The van der Waals surface area contributed by atoms with Crippen LogP contribution in [0.2, 0.25) is 0 Å². The van der Waals surface area contributed by atoms with E-state index in [4.69, 9.17) is 9.15 Å². The molecule has 22 heavy (non-hydrogen) atoms. The summed E-state index contributed by atoms with van der Waals surface area (Å²) >= 11 is 0. The second-order valence-corrected chi connectivity index (χ2v) is 4.83. The molecule has 0 aliphatic rings. The molecule has 3 heteroatoms. The predicted octanol–water partition coefficient (Wildman–Crippen LogP) is 4.13. The van der Waals surface area contributed by atoms with Crippen molar-refractivity contribution >= 4 is 11.0 Å². The smallest absolute Gasteiger partial charge is 0.200 e. The van der Waals surface area contributed by atoms with E-state index in [-0.39, 0.29) is 5.43 Å². The van der Waals surface area contributed by atoms with Crippen LogP contribution >= 0.6 is 0 Å². The van der Waals surface area contributed by atoms with E-state index in [0.717, 1.165) is 5.56 Å². The molecular weight excluding hydrogens is 276 g/mol. The fourth-order valence-corrected chi connectivity index (χ4v) is 2.35. The summed E-state index contributed by atoms with van der Waals surface area (Å²) in [6, 6.07) is 14.8. The van der Waals surface area contributed by atoms with E-state index in [1.54, 1.807) is 32.0 Å². The van der Waals surface area contributed by atoms with Crippen LogP contribution in [-0.4, -0.2) is 0 Å². The minimum Gasteiger partial charge on any atom is -0.455 e. The van der Waals surface area contributed by atoms with Gasteiger partial charge in [-0.1, -0.05) is 42.3 Å². The summed E-state index contributed by atoms with van der Waals surface area (Å²) in [4.78, 5) is 12.7. The molecule has 0 bridgehead atoms. The summed E-state index contributed by atoms with van der Waals surface area (Å²) in [7, 11) is 0. The summed E-state index contributed by atoms with van der Waals surface area (Å²) in [6.45, 7) is 3.43. The van der Waals surface area contributed by atoms with Gasteiger partial charge in [0.05, 0.1) is 0 Å². The van der Waals surface area contributed by atoms with Gasteiger partial charge in [-0.15, -0.1) is 0 Å². The van der Waals surface area contributed by atoms with Crippen molar-refractivity contribution in [3.05, 3.63) is 64.3 Å². The molecule has 0 unspecified atom stereocenters. The maximum atomic E-state index is 12.7. The molecule has 2 aromatic carbocycles. The molecule has 0 saturated heterocycles. The highest BCUT2D eigenvalue weighted by Crippen LogP contribution is 2.29. The molecule has 3 aromatic rings. The molecule has 0 radical (unpaired) electrons. The summed E-state index contributed by atoms with van der Waals surface area (Å²) in [6.07, 6.45) is 2.52. The quantitative estimate of drug-likeness (QED) is 0.666. The average Bonchev–Trinajstić information content (AvgIpc) is 2.56. The largest absolute Gasteiger partial charge is 0.455 e. The SMILES string of the molecule is CC#COc1cccc2oc(-c3ccccc3)c(C)c(=O)c12. The first kappa shape index (κ1) is 14.0. The van der Waals surface area contributed by atoms with Gasteiger partial charge in [-0.05, 0) is 19.1 Å². The van der Waals surface area contributed by atoms with Crippen LogP contribution in [0.5, 0.6) is 5.75 Å². The molecule has 0 fully saturated rings. The number of hydrogen-bond donors (Lipinski definition) is 0. The first-order valence-corrected chi connectivity index (χ1v) is 6.93. The van der Waals surface area contributed by atoms with Crippen LogP contribution in [-0.2, 0) is 0 Å². The Morgan fingerprint density at radius 1 is 1.05 bits per heavy atom. The van der Waals surface area contributed by atoms with Crippen LogP contribution < -0.4 is 10.2 Å². The van der Waals surface area contributed by atoms with Crippen LogP contribution in [0, 0.1) is 19.0 Å². The lowest BCUT2D eigenvalue weighted by Gasteiger charge is -2.08. The minimum atomic E-state index is -0.103. The van der Waals surface area contributed by atoms with Crippen molar-refractivity contribution in [1.82, 2.24) is 0 Å². The Labute approximate surface area is 128 Å². The molecule has 3 rings (SSSR count). The van der Waals surface area contributed by atoms with Gasteiger partial charge in [-0.2, -0.15) is 0 Å². The second-order valence-electron chi connectivity index (χ2n) is 4.83. The van der Waals surface area contributed by atoms with Crippen molar-refractivity contribution in [2.24, 2.45) is 0 Å². The molecule has 3 nitrogen and oxygen atoms in total. The Balaban J connectivity index is 2.30. The molecule has 1 heterocycles. The van der Waals surface area contributed by atoms with E-state index in [1.807, 2.05) is 30.3 Å². The van der Waals surface area contributed by atoms with Crippen molar-refractivity contribution < 1.29 is 9.15 Å². The Kier molecular flexibility index (Phi) is 3.67. The van der Waals surface area contributed by atoms with Crippen LogP contribution in [0.1, 0.15) is 12.5 Å². The highest BCUT2D eigenvalue weighted by atomic mass is 16.5. The molecule has 0 aliphatic heterocycles. The molecular formula is C19H14O3. The third-order valence-corrected chi connectivity index (χ3v) is 3.41. The van der Waals surface area contributed by atoms with Crippen molar-refractivity contribution in [1.29, 1.82) is 0 Å². The topological polar surface area (TPSA) is 39.4 Å². The van der Waals surface area contributed by atoms with Crippen LogP contribution in [0.3, 0.4) is 0 Å². The Bertz CT molecular complexity index is 941. The van der Waals surface area contributed by atoms with Crippen LogP contribution in [0.25, 0.3) is 22.3 Å². The second kappa shape index (κ2) is 5.79. The van der Waals surface area contributed by atoms with Gasteiger partial charge in [0.1, 0.15) is 22.8 Å². The maximum absolute atomic E-state index is 12.7. The number of benzene rings is 2. The fourth-order valence-electron chi connectivity index (χ4n) is 2.35. The highest BCUT2D eigenvalue weighted by molar-refractivity contribution is 5.86. The summed E-state index contributed by atoms with van der Waals surface area (Å²) in [5, 5.41) is 0.419. The van der Waals surface area contributed by atoms with E-state index in [0.29, 0.717) is 28.0 Å². The van der Waals surface area contributed by atoms with Gasteiger partial charge in [-0.25, -0.2) is 0 Å². The molecule has 0 N–H and O–H groups in total. The van der Waals surface area contributed by atoms with E-state index >= 15 is 0 Å². The predicted molar refractivity (Wildman–Crippen MR) is 86.7 cm³/mol. The minimum absolute atomic E-state index is 0.103. The Hall–Kier alpha value is -2.99.